The van der Waals surface area contributed by atoms with Gasteiger partial charge in [-0.1, -0.05) is 176 Å². The van der Waals surface area contributed by atoms with Gasteiger partial charge >= 0.3 is 0 Å². The van der Waals surface area contributed by atoms with Crippen LogP contribution in [0.2, 0.25) is 0 Å². The van der Waals surface area contributed by atoms with Crippen LogP contribution in [0.25, 0.3) is 56.0 Å². The molecule has 60 heavy (non-hydrogen) atoms. The van der Waals surface area contributed by atoms with E-state index in [1.165, 1.54) is 44.3 Å². The van der Waals surface area contributed by atoms with Crippen LogP contribution >= 0.6 is 0 Å². The second-order valence-corrected chi connectivity index (χ2v) is 16.9. The number of nitrogens with zero attached hydrogens (tertiary/aromatic N) is 3. The highest BCUT2D eigenvalue weighted by Gasteiger charge is 2.48. The number of hydrogen-bond acceptors (Lipinski definition) is 4. The van der Waals surface area contributed by atoms with Crippen LogP contribution in [0.1, 0.15) is 76.5 Å². The van der Waals surface area contributed by atoms with Crippen molar-refractivity contribution in [2.24, 2.45) is 11.8 Å². The average molecular weight is 774 g/mol. The minimum atomic E-state index is 0.0544. The van der Waals surface area contributed by atoms with Crippen LogP contribution in [0.3, 0.4) is 0 Å². The largest absolute Gasteiger partial charge is 0.456 e. The molecule has 0 aliphatic heterocycles. The Balaban J connectivity index is 0.851. The van der Waals surface area contributed by atoms with Gasteiger partial charge in [-0.05, 0) is 88.5 Å². The Hall–Kier alpha value is -6.91. The Kier molecular flexibility index (Phi) is 8.43. The molecule has 7 aromatic rings. The molecule has 5 aromatic carbocycles. The third-order valence-electron chi connectivity index (χ3n) is 13.3. The van der Waals surface area contributed by atoms with Crippen molar-refractivity contribution in [3.63, 3.8) is 0 Å². The fraction of sp³-hybridized carbons (Fsp3) is 0.161. The summed E-state index contributed by atoms with van der Waals surface area (Å²) in [5.41, 5.74) is 14.4. The van der Waals surface area contributed by atoms with E-state index in [9.17, 15) is 0 Å². The minimum absolute atomic E-state index is 0.0544. The fourth-order valence-corrected chi connectivity index (χ4v) is 10.2. The van der Waals surface area contributed by atoms with Gasteiger partial charge < -0.3 is 4.42 Å². The molecule has 5 aliphatic carbocycles. The highest BCUT2D eigenvalue weighted by atomic mass is 16.3. The van der Waals surface area contributed by atoms with Gasteiger partial charge in [0, 0.05) is 39.5 Å². The zero-order chi connectivity index (χ0) is 39.6. The van der Waals surface area contributed by atoms with Gasteiger partial charge in [0.15, 0.2) is 11.6 Å². The van der Waals surface area contributed by atoms with E-state index in [0.29, 0.717) is 23.6 Å². The lowest BCUT2D eigenvalue weighted by Gasteiger charge is -2.26. The topological polar surface area (TPSA) is 51.8 Å². The van der Waals surface area contributed by atoms with E-state index in [0.717, 1.165) is 70.9 Å². The molecule has 288 valence electrons. The number of hydrogen-bond donors (Lipinski definition) is 0. The van der Waals surface area contributed by atoms with Crippen LogP contribution in [0, 0.1) is 11.8 Å². The molecule has 4 nitrogen and oxygen atoms in total. The molecule has 12 rings (SSSR count). The summed E-state index contributed by atoms with van der Waals surface area (Å²) < 4.78 is 6.81. The SMILES string of the molecule is C1=CC(c2nc(C3=CCCC=C3)nc(-c3ccc(-c4ccc5c6c(oc5c4)-c4ccccc4C(c4cccc(C5C7C=CC=CC75)c4)C6)cc3)n2)CC(c2ccccc2)=C1. The molecular weight excluding hydrogens is 731 g/mol. The Labute approximate surface area is 350 Å². The Bertz CT molecular complexity index is 2990. The van der Waals surface area contributed by atoms with Crippen molar-refractivity contribution < 1.29 is 4.42 Å². The maximum absolute atomic E-state index is 6.81. The molecule has 5 aliphatic rings. The quantitative estimate of drug-likeness (QED) is 0.162. The zero-order valence-electron chi connectivity index (χ0n) is 33.3. The Morgan fingerprint density at radius 2 is 1.37 bits per heavy atom. The Morgan fingerprint density at radius 3 is 2.22 bits per heavy atom. The van der Waals surface area contributed by atoms with Crippen molar-refractivity contribution in [2.45, 2.75) is 43.4 Å². The summed E-state index contributed by atoms with van der Waals surface area (Å²) in [7, 11) is 0. The minimum Gasteiger partial charge on any atom is -0.456 e. The number of benzene rings is 5. The fourth-order valence-electron chi connectivity index (χ4n) is 10.2. The number of allylic oxidation sites excluding steroid dienone is 12. The molecule has 0 bridgehead atoms. The molecule has 4 atom stereocenters. The molecule has 4 unspecified atom stereocenters. The zero-order valence-corrected chi connectivity index (χ0v) is 33.3. The predicted octanol–water partition coefficient (Wildman–Crippen LogP) is 13.6. The van der Waals surface area contributed by atoms with Crippen LogP contribution in [-0.2, 0) is 6.42 Å². The van der Waals surface area contributed by atoms with E-state index in [-0.39, 0.29) is 11.8 Å². The molecule has 1 saturated carbocycles. The normalized spacial score (nSPS) is 22.2. The molecule has 0 amide bonds. The summed E-state index contributed by atoms with van der Waals surface area (Å²) >= 11 is 0. The predicted molar refractivity (Wildman–Crippen MR) is 243 cm³/mol. The summed E-state index contributed by atoms with van der Waals surface area (Å²) in [5, 5.41) is 1.20. The van der Waals surface area contributed by atoms with Crippen LogP contribution in [-0.4, -0.2) is 15.0 Å². The van der Waals surface area contributed by atoms with E-state index < -0.39 is 0 Å². The standard InChI is InChI=1S/C56H43N3O/c1-3-13-35(14-4-1)39-17-11-20-43(31-39)56-58-54(37-15-5-2-6-16-37)57-55(59-56)38-27-25-36(26-28-38)40-29-30-45-50-34-49(44-21-7-10-24-48(44)53(50)60-51(45)33-40)41-18-12-19-42(32-41)52-46-22-8-9-23-47(46)52/h1,3-5,7-30,32-33,43,46-47,49,52H,2,6,31,34H2. The van der Waals surface area contributed by atoms with E-state index in [1.807, 2.05) is 0 Å². The van der Waals surface area contributed by atoms with Gasteiger partial charge in [-0.2, -0.15) is 0 Å². The number of rotatable bonds is 7. The summed E-state index contributed by atoms with van der Waals surface area (Å²) in [6.07, 6.45) is 26.1. The second kappa shape index (κ2) is 14.4. The van der Waals surface area contributed by atoms with Gasteiger partial charge in [0.2, 0.25) is 0 Å². The smallest absolute Gasteiger partial charge is 0.163 e. The monoisotopic (exact) mass is 773 g/mol. The van der Waals surface area contributed by atoms with E-state index in [4.69, 9.17) is 19.4 Å². The van der Waals surface area contributed by atoms with Crippen LogP contribution in [0.15, 0.2) is 187 Å². The molecule has 2 heterocycles. The van der Waals surface area contributed by atoms with E-state index in [2.05, 4.69) is 182 Å². The molecule has 0 N–H and O–H groups in total. The number of furan rings is 1. The number of aromatic nitrogens is 3. The van der Waals surface area contributed by atoms with Gasteiger partial charge in [0.05, 0.1) is 0 Å². The third-order valence-corrected chi connectivity index (χ3v) is 13.3. The van der Waals surface area contributed by atoms with Crippen molar-refractivity contribution in [1.82, 2.24) is 15.0 Å². The summed E-state index contributed by atoms with van der Waals surface area (Å²) in [6, 6.07) is 44.2. The maximum atomic E-state index is 6.81. The molecule has 4 heteroatoms. The van der Waals surface area contributed by atoms with Gasteiger partial charge in [0.1, 0.15) is 17.2 Å². The van der Waals surface area contributed by atoms with E-state index in [1.54, 1.807) is 0 Å². The summed E-state index contributed by atoms with van der Waals surface area (Å²) in [4.78, 5) is 15.3. The van der Waals surface area contributed by atoms with Gasteiger partial charge in [-0.25, -0.2) is 15.0 Å². The highest BCUT2D eigenvalue weighted by molar-refractivity contribution is 5.93. The van der Waals surface area contributed by atoms with Gasteiger partial charge in [-0.3, -0.25) is 0 Å². The van der Waals surface area contributed by atoms with Crippen LogP contribution in [0.4, 0.5) is 0 Å². The third kappa shape index (κ3) is 6.17. The number of fused-ring (bicyclic) bond motifs is 6. The first-order valence-electron chi connectivity index (χ1n) is 21.5. The van der Waals surface area contributed by atoms with Gasteiger partial charge in [0.25, 0.3) is 0 Å². The first-order chi connectivity index (χ1) is 29.7. The lowest BCUT2D eigenvalue weighted by molar-refractivity contribution is 0.615. The molecule has 0 spiro atoms. The van der Waals surface area contributed by atoms with Crippen molar-refractivity contribution in [3.05, 3.63) is 222 Å². The van der Waals surface area contributed by atoms with E-state index >= 15 is 0 Å². The van der Waals surface area contributed by atoms with Crippen LogP contribution < -0.4 is 0 Å². The van der Waals surface area contributed by atoms with Crippen LogP contribution in [0.5, 0.6) is 0 Å². The Morgan fingerprint density at radius 1 is 0.583 bits per heavy atom. The lowest BCUT2D eigenvalue weighted by atomic mass is 9.77. The lowest BCUT2D eigenvalue weighted by Crippen LogP contribution is -2.12. The molecule has 0 saturated heterocycles. The van der Waals surface area contributed by atoms with Crippen molar-refractivity contribution in [3.8, 4) is 33.8 Å². The second-order valence-electron chi connectivity index (χ2n) is 16.9. The van der Waals surface area contributed by atoms with Gasteiger partial charge in [-0.15, -0.1) is 0 Å². The molecule has 2 aromatic heterocycles. The van der Waals surface area contributed by atoms with Crippen molar-refractivity contribution in [2.75, 3.05) is 0 Å². The molecular formula is C56H43N3O. The van der Waals surface area contributed by atoms with Crippen molar-refractivity contribution in [1.29, 1.82) is 0 Å². The molecule has 1 fully saturated rings. The first kappa shape index (κ1) is 35.1. The summed E-state index contributed by atoms with van der Waals surface area (Å²) in [5.74, 6) is 5.43. The summed E-state index contributed by atoms with van der Waals surface area (Å²) in [6.45, 7) is 0. The molecule has 0 radical (unpaired) electrons. The first-order valence-corrected chi connectivity index (χ1v) is 21.5. The highest BCUT2D eigenvalue weighted by Crippen LogP contribution is 2.57. The van der Waals surface area contributed by atoms with Crippen molar-refractivity contribution >= 4 is 22.1 Å². The maximum Gasteiger partial charge on any atom is 0.163 e. The average Bonchev–Trinajstić information content (AvgIpc) is 3.95.